The molecule has 0 atom stereocenters. The van der Waals surface area contributed by atoms with Crippen LogP contribution < -0.4 is 10.6 Å². The van der Waals surface area contributed by atoms with Gasteiger partial charge in [-0.1, -0.05) is 29.8 Å². The molecule has 0 saturated heterocycles. The Morgan fingerprint density at radius 3 is 2.28 bits per heavy atom. The lowest BCUT2D eigenvalue weighted by molar-refractivity contribution is -0.137. The summed E-state index contributed by atoms with van der Waals surface area (Å²) < 4.78 is 43.4. The van der Waals surface area contributed by atoms with Gasteiger partial charge in [-0.05, 0) is 36.8 Å². The highest BCUT2D eigenvalue weighted by Gasteiger charge is 2.29. The Bertz CT molecular complexity index is 961. The third kappa shape index (κ3) is 5.60. The molecule has 1 heterocycles. The average molecular weight is 402 g/mol. The van der Waals surface area contributed by atoms with Crippen molar-refractivity contribution in [1.29, 1.82) is 0 Å². The van der Waals surface area contributed by atoms with E-state index >= 15 is 0 Å². The van der Waals surface area contributed by atoms with Crippen LogP contribution in [-0.4, -0.2) is 18.0 Å². The maximum Gasteiger partial charge on any atom is 0.416 e. The molecule has 0 aliphatic carbocycles. The van der Waals surface area contributed by atoms with E-state index in [9.17, 15) is 13.2 Å². The minimum Gasteiger partial charge on any atom is -0.444 e. The van der Waals surface area contributed by atoms with Gasteiger partial charge in [-0.3, -0.25) is 4.99 Å². The second-order valence-electron chi connectivity index (χ2n) is 6.48. The van der Waals surface area contributed by atoms with Gasteiger partial charge >= 0.3 is 6.18 Å². The predicted molar refractivity (Wildman–Crippen MR) is 105 cm³/mol. The minimum absolute atomic E-state index is 0.339. The van der Waals surface area contributed by atoms with Gasteiger partial charge in [0.1, 0.15) is 6.26 Å². The van der Waals surface area contributed by atoms with Crippen molar-refractivity contribution in [3.63, 3.8) is 0 Å². The zero-order chi connectivity index (χ0) is 20.9. The highest BCUT2D eigenvalue weighted by Crippen LogP contribution is 2.29. The Balaban J connectivity index is 1.52. The van der Waals surface area contributed by atoms with Crippen LogP contribution in [0.15, 0.2) is 64.2 Å². The number of hydrogen-bond donors (Lipinski definition) is 2. The lowest BCUT2D eigenvalue weighted by atomic mass is 10.1. The molecule has 0 spiro atoms. The molecule has 0 fully saturated rings. The van der Waals surface area contributed by atoms with Gasteiger partial charge in [-0.15, -0.1) is 0 Å². The van der Waals surface area contributed by atoms with Crippen molar-refractivity contribution in [3.8, 4) is 11.5 Å². The summed E-state index contributed by atoms with van der Waals surface area (Å²) in [5.74, 6) is 1.04. The summed E-state index contributed by atoms with van der Waals surface area (Å²) in [7, 11) is 1.61. The lowest BCUT2D eigenvalue weighted by Crippen LogP contribution is -2.36. The third-order valence-electron chi connectivity index (χ3n) is 4.25. The molecule has 3 rings (SSSR count). The number of hydrogen-bond acceptors (Lipinski definition) is 3. The number of guanidine groups is 1. The Labute approximate surface area is 166 Å². The number of aliphatic imine (C=N–C) groups is 1. The highest BCUT2D eigenvalue weighted by molar-refractivity contribution is 5.79. The van der Waals surface area contributed by atoms with Crippen molar-refractivity contribution < 1.29 is 17.6 Å². The molecular weight excluding hydrogens is 381 g/mol. The first kappa shape index (κ1) is 20.4. The quantitative estimate of drug-likeness (QED) is 0.486. The number of nitrogens with zero attached hydrogens (tertiary/aromatic N) is 2. The van der Waals surface area contributed by atoms with Gasteiger partial charge in [0, 0.05) is 19.2 Å². The molecule has 1 aromatic heterocycles. The van der Waals surface area contributed by atoms with E-state index in [0.29, 0.717) is 36.2 Å². The summed E-state index contributed by atoms with van der Waals surface area (Å²) in [4.78, 5) is 8.55. The van der Waals surface area contributed by atoms with Gasteiger partial charge in [0.2, 0.25) is 5.89 Å². The van der Waals surface area contributed by atoms with Crippen LogP contribution in [0.25, 0.3) is 11.5 Å². The largest absolute Gasteiger partial charge is 0.444 e. The Morgan fingerprint density at radius 2 is 1.66 bits per heavy atom. The van der Waals surface area contributed by atoms with Crippen LogP contribution in [0.2, 0.25) is 0 Å². The second kappa shape index (κ2) is 8.81. The Kier molecular flexibility index (Phi) is 6.21. The van der Waals surface area contributed by atoms with E-state index in [2.05, 4.69) is 20.6 Å². The summed E-state index contributed by atoms with van der Waals surface area (Å²) in [5, 5.41) is 6.16. The topological polar surface area (TPSA) is 62.5 Å². The van der Waals surface area contributed by atoms with E-state index in [-0.39, 0.29) is 0 Å². The third-order valence-corrected chi connectivity index (χ3v) is 4.25. The summed E-state index contributed by atoms with van der Waals surface area (Å²) in [6.45, 7) is 2.74. The molecule has 0 unspecified atom stereocenters. The number of aryl methyl sites for hydroxylation is 1. The van der Waals surface area contributed by atoms with Crippen LogP contribution >= 0.6 is 0 Å². The summed E-state index contributed by atoms with van der Waals surface area (Å²) in [5.41, 5.74) is 2.80. The molecule has 3 aromatic rings. The SMILES string of the molecule is CN=C(NCc1ccc(C(F)(F)F)cc1)NCc1coc(-c2ccc(C)cc2)n1. The van der Waals surface area contributed by atoms with E-state index in [1.54, 1.807) is 13.3 Å². The van der Waals surface area contributed by atoms with Crippen LogP contribution in [0.1, 0.15) is 22.4 Å². The van der Waals surface area contributed by atoms with Crippen LogP contribution in [0, 0.1) is 6.92 Å². The number of rotatable bonds is 5. The van der Waals surface area contributed by atoms with Crippen LogP contribution in [0.3, 0.4) is 0 Å². The number of alkyl halides is 3. The molecule has 0 saturated carbocycles. The van der Waals surface area contributed by atoms with E-state index in [4.69, 9.17) is 4.42 Å². The van der Waals surface area contributed by atoms with Crippen molar-refractivity contribution in [2.75, 3.05) is 7.05 Å². The fourth-order valence-electron chi connectivity index (χ4n) is 2.61. The Morgan fingerprint density at radius 1 is 1.00 bits per heavy atom. The average Bonchev–Trinajstić information content (AvgIpc) is 3.17. The molecule has 2 N–H and O–H groups in total. The maximum atomic E-state index is 12.6. The van der Waals surface area contributed by atoms with E-state index in [0.717, 1.165) is 23.3 Å². The summed E-state index contributed by atoms with van der Waals surface area (Å²) in [6.07, 6.45) is -2.76. The normalized spacial score (nSPS) is 12.1. The Hall–Kier alpha value is -3.29. The van der Waals surface area contributed by atoms with E-state index in [1.807, 2.05) is 31.2 Å². The highest BCUT2D eigenvalue weighted by atomic mass is 19.4. The molecule has 5 nitrogen and oxygen atoms in total. The van der Waals surface area contributed by atoms with E-state index in [1.165, 1.54) is 12.1 Å². The fourth-order valence-corrected chi connectivity index (χ4v) is 2.61. The smallest absolute Gasteiger partial charge is 0.416 e. The lowest BCUT2D eigenvalue weighted by Gasteiger charge is -2.12. The number of benzene rings is 2. The van der Waals surface area contributed by atoms with Crippen molar-refractivity contribution in [1.82, 2.24) is 15.6 Å². The number of oxazole rings is 1. The molecule has 0 aliphatic rings. The first-order valence-corrected chi connectivity index (χ1v) is 8.97. The molecular formula is C21H21F3N4O. The molecule has 0 bridgehead atoms. The van der Waals surface area contributed by atoms with Crippen LogP contribution in [0.5, 0.6) is 0 Å². The van der Waals surface area contributed by atoms with Gasteiger partial charge in [0.15, 0.2) is 5.96 Å². The van der Waals surface area contributed by atoms with Crippen LogP contribution in [-0.2, 0) is 19.3 Å². The van der Waals surface area contributed by atoms with Crippen molar-refractivity contribution in [2.45, 2.75) is 26.2 Å². The second-order valence-corrected chi connectivity index (χ2v) is 6.48. The first-order valence-electron chi connectivity index (χ1n) is 8.97. The predicted octanol–water partition coefficient (Wildman–Crippen LogP) is 4.53. The molecule has 8 heteroatoms. The molecule has 152 valence electrons. The zero-order valence-corrected chi connectivity index (χ0v) is 16.0. The van der Waals surface area contributed by atoms with Gasteiger partial charge in [0.25, 0.3) is 0 Å². The maximum absolute atomic E-state index is 12.6. The number of halogens is 3. The van der Waals surface area contributed by atoms with Gasteiger partial charge in [-0.2, -0.15) is 13.2 Å². The monoisotopic (exact) mass is 402 g/mol. The first-order chi connectivity index (χ1) is 13.8. The molecule has 0 aliphatic heterocycles. The van der Waals surface area contributed by atoms with Gasteiger partial charge in [-0.25, -0.2) is 4.98 Å². The van der Waals surface area contributed by atoms with Crippen molar-refractivity contribution in [2.24, 2.45) is 4.99 Å². The van der Waals surface area contributed by atoms with Crippen molar-refractivity contribution in [3.05, 3.63) is 77.2 Å². The molecule has 29 heavy (non-hydrogen) atoms. The standard InChI is InChI=1S/C21H21F3N4O/c1-14-3-7-16(8-4-14)19-28-18(13-29-19)12-27-20(25-2)26-11-15-5-9-17(10-6-15)21(22,23)24/h3-10,13H,11-12H2,1-2H3,(H2,25,26,27). The molecule has 0 amide bonds. The van der Waals surface area contributed by atoms with Crippen LogP contribution in [0.4, 0.5) is 13.2 Å². The fraction of sp³-hybridized carbons (Fsp3) is 0.238. The summed E-state index contributed by atoms with van der Waals surface area (Å²) in [6, 6.07) is 12.9. The van der Waals surface area contributed by atoms with E-state index < -0.39 is 11.7 Å². The molecule has 0 radical (unpaired) electrons. The van der Waals surface area contributed by atoms with Gasteiger partial charge < -0.3 is 15.1 Å². The zero-order valence-electron chi connectivity index (χ0n) is 16.0. The summed E-state index contributed by atoms with van der Waals surface area (Å²) >= 11 is 0. The number of nitrogens with one attached hydrogen (secondary N) is 2. The minimum atomic E-state index is -4.33. The molecule has 2 aromatic carbocycles. The van der Waals surface area contributed by atoms with Crippen molar-refractivity contribution >= 4 is 5.96 Å². The van der Waals surface area contributed by atoms with Gasteiger partial charge in [0.05, 0.1) is 17.8 Å². The number of aromatic nitrogens is 1.